The Morgan fingerprint density at radius 1 is 1.24 bits per heavy atom. The molecular formula is C19H36N4OS. The van der Waals surface area contributed by atoms with Gasteiger partial charge in [-0.2, -0.15) is 11.8 Å². The van der Waals surface area contributed by atoms with Gasteiger partial charge in [-0.15, -0.1) is 0 Å². The predicted octanol–water partition coefficient (Wildman–Crippen LogP) is 2.28. The third-order valence-electron chi connectivity index (χ3n) is 6.12. The van der Waals surface area contributed by atoms with Crippen molar-refractivity contribution in [1.29, 1.82) is 0 Å². The quantitative estimate of drug-likeness (QED) is 0.609. The van der Waals surface area contributed by atoms with Crippen molar-refractivity contribution in [3.8, 4) is 0 Å². The fourth-order valence-electron chi connectivity index (χ4n) is 4.39. The molecule has 3 aliphatic heterocycles. The fourth-order valence-corrected chi connectivity index (χ4v) is 5.69. The SMILES string of the molecule is CN=C(NCC1(N2CCCC2)CCOCC1)N1CCSC(C(C)C)C1. The molecule has 25 heavy (non-hydrogen) atoms. The number of hydrogen-bond donors (Lipinski definition) is 1. The zero-order valence-electron chi connectivity index (χ0n) is 16.3. The molecule has 3 heterocycles. The van der Waals surface area contributed by atoms with Crippen LogP contribution in [0.5, 0.6) is 0 Å². The van der Waals surface area contributed by atoms with Crippen molar-refractivity contribution in [2.45, 2.75) is 50.3 Å². The predicted molar refractivity (Wildman–Crippen MR) is 108 cm³/mol. The molecule has 144 valence electrons. The van der Waals surface area contributed by atoms with Gasteiger partial charge >= 0.3 is 0 Å². The molecule has 6 heteroatoms. The molecule has 0 aromatic heterocycles. The first-order valence-electron chi connectivity index (χ1n) is 10.0. The van der Waals surface area contributed by atoms with Gasteiger partial charge < -0.3 is 15.0 Å². The molecule has 3 saturated heterocycles. The number of aliphatic imine (C=N–C) groups is 1. The second-order valence-electron chi connectivity index (χ2n) is 8.03. The normalized spacial score (nSPS) is 28.6. The molecule has 0 saturated carbocycles. The molecule has 0 amide bonds. The molecule has 3 aliphatic rings. The molecule has 0 radical (unpaired) electrons. The van der Waals surface area contributed by atoms with Crippen molar-refractivity contribution in [3.63, 3.8) is 0 Å². The number of ether oxygens (including phenoxy) is 1. The minimum atomic E-state index is 0.257. The molecule has 1 N–H and O–H groups in total. The summed E-state index contributed by atoms with van der Waals surface area (Å²) in [6.07, 6.45) is 4.97. The van der Waals surface area contributed by atoms with Crippen LogP contribution < -0.4 is 5.32 Å². The lowest BCUT2D eigenvalue weighted by atomic mass is 9.88. The summed E-state index contributed by atoms with van der Waals surface area (Å²) >= 11 is 2.12. The lowest BCUT2D eigenvalue weighted by Gasteiger charge is -2.45. The minimum absolute atomic E-state index is 0.257. The average molecular weight is 369 g/mol. The van der Waals surface area contributed by atoms with E-state index in [1.807, 2.05) is 7.05 Å². The van der Waals surface area contributed by atoms with Gasteiger partial charge in [0.05, 0.1) is 0 Å². The summed E-state index contributed by atoms with van der Waals surface area (Å²) in [5, 5.41) is 4.47. The van der Waals surface area contributed by atoms with E-state index >= 15 is 0 Å². The van der Waals surface area contributed by atoms with Gasteiger partial charge in [-0.3, -0.25) is 9.89 Å². The van der Waals surface area contributed by atoms with E-state index in [9.17, 15) is 0 Å². The van der Waals surface area contributed by atoms with Crippen LogP contribution in [-0.2, 0) is 4.74 Å². The molecule has 0 aliphatic carbocycles. The maximum Gasteiger partial charge on any atom is 0.193 e. The summed E-state index contributed by atoms with van der Waals surface area (Å²) in [5.41, 5.74) is 0.257. The molecule has 0 spiro atoms. The summed E-state index contributed by atoms with van der Waals surface area (Å²) in [6.45, 7) is 12.2. The fraction of sp³-hybridized carbons (Fsp3) is 0.947. The Bertz CT molecular complexity index is 445. The number of nitrogens with zero attached hydrogens (tertiary/aromatic N) is 3. The van der Waals surface area contributed by atoms with Gasteiger partial charge in [0.1, 0.15) is 0 Å². The van der Waals surface area contributed by atoms with E-state index in [1.165, 1.54) is 31.7 Å². The Morgan fingerprint density at radius 2 is 1.96 bits per heavy atom. The summed E-state index contributed by atoms with van der Waals surface area (Å²) in [5.74, 6) is 3.02. The van der Waals surface area contributed by atoms with Crippen LogP contribution in [-0.4, -0.2) is 85.3 Å². The summed E-state index contributed by atoms with van der Waals surface area (Å²) in [4.78, 5) is 9.81. The van der Waals surface area contributed by atoms with Crippen LogP contribution in [0.3, 0.4) is 0 Å². The molecule has 3 fully saturated rings. The molecular weight excluding hydrogens is 332 g/mol. The van der Waals surface area contributed by atoms with E-state index in [4.69, 9.17) is 4.74 Å². The molecule has 1 unspecified atom stereocenters. The highest BCUT2D eigenvalue weighted by atomic mass is 32.2. The highest BCUT2D eigenvalue weighted by molar-refractivity contribution is 8.00. The molecule has 5 nitrogen and oxygen atoms in total. The first-order chi connectivity index (χ1) is 12.1. The van der Waals surface area contributed by atoms with E-state index in [0.717, 1.165) is 57.6 Å². The Hall–Kier alpha value is -0.460. The van der Waals surface area contributed by atoms with Gasteiger partial charge in [-0.05, 0) is 44.7 Å². The third-order valence-corrected chi connectivity index (χ3v) is 7.66. The lowest BCUT2D eigenvalue weighted by Crippen LogP contribution is -2.59. The standard InChI is InChI=1S/C19H36N4OS/c1-16(2)17-14-22(10-13-25-17)18(20-3)21-15-19(6-11-24-12-7-19)23-8-4-5-9-23/h16-17H,4-15H2,1-3H3,(H,20,21). The molecule has 0 aromatic rings. The van der Waals surface area contributed by atoms with E-state index in [1.54, 1.807) is 0 Å². The summed E-state index contributed by atoms with van der Waals surface area (Å²) in [7, 11) is 1.93. The van der Waals surface area contributed by atoms with Gasteiger partial charge in [0.25, 0.3) is 0 Å². The second-order valence-corrected chi connectivity index (χ2v) is 9.38. The smallest absolute Gasteiger partial charge is 0.193 e. The number of nitrogens with one attached hydrogen (secondary N) is 1. The number of likely N-dealkylation sites (tertiary alicyclic amines) is 1. The van der Waals surface area contributed by atoms with Gasteiger partial charge in [0.2, 0.25) is 0 Å². The lowest BCUT2D eigenvalue weighted by molar-refractivity contribution is -0.0166. The van der Waals surface area contributed by atoms with Crippen LogP contribution in [0.15, 0.2) is 4.99 Å². The minimum Gasteiger partial charge on any atom is -0.381 e. The highest BCUT2D eigenvalue weighted by Crippen LogP contribution is 2.31. The van der Waals surface area contributed by atoms with Gasteiger partial charge in [-0.25, -0.2) is 0 Å². The molecule has 1 atom stereocenters. The number of thioether (sulfide) groups is 1. The van der Waals surface area contributed by atoms with Crippen LogP contribution >= 0.6 is 11.8 Å². The van der Waals surface area contributed by atoms with Crippen molar-refractivity contribution in [3.05, 3.63) is 0 Å². The van der Waals surface area contributed by atoms with Gasteiger partial charge in [-0.1, -0.05) is 13.8 Å². The van der Waals surface area contributed by atoms with Crippen molar-refractivity contribution in [2.24, 2.45) is 10.9 Å². The van der Waals surface area contributed by atoms with Crippen LogP contribution in [0, 0.1) is 5.92 Å². The first kappa shape index (κ1) is 19.3. The van der Waals surface area contributed by atoms with E-state index < -0.39 is 0 Å². The maximum atomic E-state index is 5.68. The first-order valence-corrected chi connectivity index (χ1v) is 11.1. The molecule has 3 rings (SSSR count). The van der Waals surface area contributed by atoms with Gasteiger partial charge in [0, 0.05) is 56.4 Å². The maximum absolute atomic E-state index is 5.68. The zero-order valence-corrected chi connectivity index (χ0v) is 17.1. The largest absolute Gasteiger partial charge is 0.381 e. The summed E-state index contributed by atoms with van der Waals surface area (Å²) in [6, 6.07) is 0. The van der Waals surface area contributed by atoms with Crippen molar-refractivity contribution in [2.75, 3.05) is 58.7 Å². The second kappa shape index (κ2) is 8.96. The molecule has 0 aromatic carbocycles. The van der Waals surface area contributed by atoms with E-state index in [-0.39, 0.29) is 5.54 Å². The van der Waals surface area contributed by atoms with Crippen molar-refractivity contribution < 1.29 is 4.74 Å². The van der Waals surface area contributed by atoms with Gasteiger partial charge in [0.15, 0.2) is 5.96 Å². The monoisotopic (exact) mass is 368 g/mol. The van der Waals surface area contributed by atoms with Crippen LogP contribution in [0.2, 0.25) is 0 Å². The van der Waals surface area contributed by atoms with Crippen LogP contribution in [0.1, 0.15) is 39.5 Å². The summed E-state index contributed by atoms with van der Waals surface area (Å²) < 4.78 is 5.68. The Balaban J connectivity index is 1.62. The van der Waals surface area contributed by atoms with E-state index in [2.05, 4.69) is 45.7 Å². The highest BCUT2D eigenvalue weighted by Gasteiger charge is 2.40. The van der Waals surface area contributed by atoms with E-state index in [0.29, 0.717) is 5.25 Å². The zero-order chi connectivity index (χ0) is 17.7. The number of guanidine groups is 1. The van der Waals surface area contributed by atoms with Crippen molar-refractivity contribution >= 4 is 17.7 Å². The Morgan fingerprint density at radius 3 is 2.60 bits per heavy atom. The topological polar surface area (TPSA) is 40.1 Å². The van der Waals surface area contributed by atoms with Crippen molar-refractivity contribution in [1.82, 2.24) is 15.1 Å². The molecule has 0 bridgehead atoms. The third kappa shape index (κ3) is 4.64. The van der Waals surface area contributed by atoms with Crippen LogP contribution in [0.4, 0.5) is 0 Å². The Labute approximate surface area is 157 Å². The number of rotatable bonds is 4. The Kier molecular flexibility index (Phi) is 6.92. The van der Waals surface area contributed by atoms with Crippen LogP contribution in [0.25, 0.3) is 0 Å². The number of hydrogen-bond acceptors (Lipinski definition) is 4. The average Bonchev–Trinajstić information content (AvgIpc) is 3.19.